The number of halogens is 1. The molecule has 0 amide bonds. The third-order valence-electron chi connectivity index (χ3n) is 2.70. The standard InChI is InChI=1S/C13H17FN2O4/c1-13(2,3)4-5-15-10-6-8(12(17)18)9(14)7-11(10)16(19)20/h6-7,15H,4-5H2,1-3H3,(H,17,18). The summed E-state index contributed by atoms with van der Waals surface area (Å²) in [6, 6.07) is 1.58. The summed E-state index contributed by atoms with van der Waals surface area (Å²) in [5.41, 5.74) is -1.02. The lowest BCUT2D eigenvalue weighted by Gasteiger charge is -2.18. The van der Waals surface area contributed by atoms with E-state index in [0.717, 1.165) is 12.5 Å². The van der Waals surface area contributed by atoms with Gasteiger partial charge >= 0.3 is 5.97 Å². The number of aromatic carboxylic acids is 1. The van der Waals surface area contributed by atoms with Crippen LogP contribution in [0.3, 0.4) is 0 Å². The number of nitro benzene ring substituents is 1. The summed E-state index contributed by atoms with van der Waals surface area (Å²) in [6.07, 6.45) is 0.726. The van der Waals surface area contributed by atoms with Crippen molar-refractivity contribution in [2.24, 2.45) is 5.41 Å². The highest BCUT2D eigenvalue weighted by Gasteiger charge is 2.21. The fraction of sp³-hybridized carbons (Fsp3) is 0.462. The molecule has 0 radical (unpaired) electrons. The van der Waals surface area contributed by atoms with Crippen LogP contribution < -0.4 is 5.32 Å². The van der Waals surface area contributed by atoms with Gasteiger partial charge in [-0.2, -0.15) is 0 Å². The molecule has 0 unspecified atom stereocenters. The summed E-state index contributed by atoms with van der Waals surface area (Å²) in [5, 5.41) is 22.5. The topological polar surface area (TPSA) is 92.5 Å². The molecule has 1 rings (SSSR count). The van der Waals surface area contributed by atoms with Crippen LogP contribution in [0.2, 0.25) is 0 Å². The molecule has 0 aliphatic carbocycles. The van der Waals surface area contributed by atoms with E-state index in [1.54, 1.807) is 0 Å². The summed E-state index contributed by atoms with van der Waals surface area (Å²) in [6.45, 7) is 6.46. The van der Waals surface area contributed by atoms with Crippen molar-refractivity contribution in [2.45, 2.75) is 27.2 Å². The maximum absolute atomic E-state index is 13.4. The van der Waals surface area contributed by atoms with Crippen molar-refractivity contribution in [1.29, 1.82) is 0 Å². The molecule has 7 heteroatoms. The quantitative estimate of drug-likeness (QED) is 0.639. The van der Waals surface area contributed by atoms with Gasteiger partial charge in [-0.15, -0.1) is 0 Å². The molecular weight excluding hydrogens is 267 g/mol. The lowest BCUT2D eigenvalue weighted by Crippen LogP contribution is -2.14. The molecule has 0 fully saturated rings. The van der Waals surface area contributed by atoms with E-state index in [2.05, 4.69) is 5.32 Å². The first-order valence-electron chi connectivity index (χ1n) is 6.07. The summed E-state index contributed by atoms with van der Waals surface area (Å²) in [4.78, 5) is 21.0. The maximum atomic E-state index is 13.4. The maximum Gasteiger partial charge on any atom is 0.338 e. The highest BCUT2D eigenvalue weighted by atomic mass is 19.1. The number of carboxylic acids is 1. The molecule has 0 saturated carbocycles. The predicted octanol–water partition coefficient (Wildman–Crippen LogP) is 3.28. The van der Waals surface area contributed by atoms with Crippen LogP contribution in [0.25, 0.3) is 0 Å². The van der Waals surface area contributed by atoms with Gasteiger partial charge < -0.3 is 10.4 Å². The largest absolute Gasteiger partial charge is 0.478 e. The number of rotatable bonds is 5. The van der Waals surface area contributed by atoms with Gasteiger partial charge in [0, 0.05) is 6.54 Å². The van der Waals surface area contributed by atoms with Crippen LogP contribution in [0.1, 0.15) is 37.6 Å². The number of nitrogens with one attached hydrogen (secondary N) is 1. The first-order valence-corrected chi connectivity index (χ1v) is 6.07. The Labute approximate surface area is 115 Å². The molecule has 0 aliphatic rings. The normalized spacial score (nSPS) is 11.2. The number of carbonyl (C=O) groups is 1. The molecule has 1 aromatic rings. The fourth-order valence-corrected chi connectivity index (χ4v) is 1.59. The molecule has 0 saturated heterocycles. The SMILES string of the molecule is CC(C)(C)CCNc1cc(C(=O)O)c(F)cc1[N+](=O)[O-]. The van der Waals surface area contributed by atoms with Crippen LogP contribution in [0, 0.1) is 21.3 Å². The Bertz CT molecular complexity index is 538. The molecule has 0 aromatic heterocycles. The number of anilines is 1. The van der Waals surface area contributed by atoms with E-state index in [1.807, 2.05) is 20.8 Å². The smallest absolute Gasteiger partial charge is 0.338 e. The number of carboxylic acid groups (broad SMARTS) is 1. The summed E-state index contributed by atoms with van der Waals surface area (Å²) >= 11 is 0. The van der Waals surface area contributed by atoms with Gasteiger partial charge in [0.2, 0.25) is 0 Å². The molecular formula is C13H17FN2O4. The molecule has 0 atom stereocenters. The Morgan fingerprint density at radius 1 is 1.45 bits per heavy atom. The van der Waals surface area contributed by atoms with Crippen LogP contribution in [0.5, 0.6) is 0 Å². The predicted molar refractivity (Wildman–Crippen MR) is 72.6 cm³/mol. The van der Waals surface area contributed by atoms with Gasteiger partial charge in [0.1, 0.15) is 11.5 Å². The zero-order valence-electron chi connectivity index (χ0n) is 11.6. The third-order valence-corrected chi connectivity index (χ3v) is 2.70. The van der Waals surface area contributed by atoms with E-state index in [1.165, 1.54) is 0 Å². The van der Waals surface area contributed by atoms with Gasteiger partial charge in [-0.1, -0.05) is 20.8 Å². The molecule has 6 nitrogen and oxygen atoms in total. The Morgan fingerprint density at radius 2 is 2.05 bits per heavy atom. The molecule has 0 spiro atoms. The van der Waals surface area contributed by atoms with Gasteiger partial charge in [-0.05, 0) is 17.9 Å². The second-order valence-corrected chi connectivity index (χ2v) is 5.65. The number of nitro groups is 1. The minimum Gasteiger partial charge on any atom is -0.478 e. The minimum absolute atomic E-state index is 0.0121. The Balaban J connectivity index is 3.05. The number of nitrogens with zero attached hydrogens (tertiary/aromatic N) is 1. The van der Waals surface area contributed by atoms with E-state index >= 15 is 0 Å². The van der Waals surface area contributed by atoms with Gasteiger partial charge in [0.05, 0.1) is 16.6 Å². The molecule has 1 aromatic carbocycles. The first-order chi connectivity index (χ1) is 9.11. The Morgan fingerprint density at radius 3 is 2.50 bits per heavy atom. The first kappa shape index (κ1) is 15.9. The average molecular weight is 284 g/mol. The van der Waals surface area contributed by atoms with Crippen molar-refractivity contribution in [2.75, 3.05) is 11.9 Å². The fourth-order valence-electron chi connectivity index (χ4n) is 1.59. The van der Waals surface area contributed by atoms with Crippen LogP contribution in [-0.2, 0) is 0 Å². The second kappa shape index (κ2) is 5.85. The monoisotopic (exact) mass is 284 g/mol. The average Bonchev–Trinajstić information content (AvgIpc) is 2.28. The van der Waals surface area contributed by atoms with Crippen molar-refractivity contribution in [3.8, 4) is 0 Å². The van der Waals surface area contributed by atoms with Crippen LogP contribution >= 0.6 is 0 Å². The van der Waals surface area contributed by atoms with E-state index in [4.69, 9.17) is 5.11 Å². The Kier molecular flexibility index (Phi) is 4.65. The molecule has 2 N–H and O–H groups in total. The van der Waals surface area contributed by atoms with E-state index in [-0.39, 0.29) is 11.1 Å². The van der Waals surface area contributed by atoms with Crippen LogP contribution in [0.4, 0.5) is 15.8 Å². The Hall–Kier alpha value is -2.18. The molecule has 20 heavy (non-hydrogen) atoms. The van der Waals surface area contributed by atoms with E-state index in [9.17, 15) is 19.3 Å². The third kappa shape index (κ3) is 4.18. The highest BCUT2D eigenvalue weighted by molar-refractivity contribution is 5.90. The second-order valence-electron chi connectivity index (χ2n) is 5.65. The number of hydrogen-bond donors (Lipinski definition) is 2. The van der Waals surface area contributed by atoms with Gasteiger partial charge in [0.15, 0.2) is 0 Å². The van der Waals surface area contributed by atoms with Crippen molar-refractivity contribution in [3.63, 3.8) is 0 Å². The molecule has 0 bridgehead atoms. The minimum atomic E-state index is -1.46. The number of hydrogen-bond acceptors (Lipinski definition) is 4. The van der Waals surface area contributed by atoms with Gasteiger partial charge in [0.25, 0.3) is 5.69 Å². The lowest BCUT2D eigenvalue weighted by molar-refractivity contribution is -0.384. The van der Waals surface area contributed by atoms with Crippen molar-refractivity contribution >= 4 is 17.3 Å². The summed E-state index contributed by atoms with van der Waals surface area (Å²) < 4.78 is 13.4. The molecule has 0 heterocycles. The van der Waals surface area contributed by atoms with E-state index < -0.39 is 28.0 Å². The van der Waals surface area contributed by atoms with Gasteiger partial charge in [-0.25, -0.2) is 9.18 Å². The summed E-state index contributed by atoms with van der Waals surface area (Å²) in [7, 11) is 0. The van der Waals surface area contributed by atoms with Crippen LogP contribution in [0.15, 0.2) is 12.1 Å². The zero-order valence-corrected chi connectivity index (χ0v) is 11.6. The highest BCUT2D eigenvalue weighted by Crippen LogP contribution is 2.28. The van der Waals surface area contributed by atoms with E-state index in [0.29, 0.717) is 12.6 Å². The molecule has 110 valence electrons. The zero-order chi connectivity index (χ0) is 15.5. The lowest BCUT2D eigenvalue weighted by atomic mass is 9.92. The van der Waals surface area contributed by atoms with Crippen molar-refractivity contribution in [1.82, 2.24) is 0 Å². The van der Waals surface area contributed by atoms with Crippen molar-refractivity contribution < 1.29 is 19.2 Å². The van der Waals surface area contributed by atoms with Crippen LogP contribution in [-0.4, -0.2) is 22.5 Å². The molecule has 0 aliphatic heterocycles. The number of benzene rings is 1. The van der Waals surface area contributed by atoms with Crippen molar-refractivity contribution in [3.05, 3.63) is 33.6 Å². The summed E-state index contributed by atoms with van der Waals surface area (Å²) in [5.74, 6) is -2.58. The van der Waals surface area contributed by atoms with Gasteiger partial charge in [-0.3, -0.25) is 10.1 Å².